The third-order valence-corrected chi connectivity index (χ3v) is 4.88. The highest BCUT2D eigenvalue weighted by atomic mass is 16.5. The van der Waals surface area contributed by atoms with Crippen LogP contribution < -0.4 is 16.4 Å². The molecule has 5 N–H and O–H groups in total. The van der Waals surface area contributed by atoms with E-state index in [1.807, 2.05) is 0 Å². The highest BCUT2D eigenvalue weighted by Gasteiger charge is 2.18. The molecule has 0 spiro atoms. The van der Waals surface area contributed by atoms with Crippen molar-refractivity contribution in [1.29, 1.82) is 0 Å². The quantitative estimate of drug-likeness (QED) is 0.288. The van der Waals surface area contributed by atoms with Crippen molar-refractivity contribution in [3.05, 3.63) is 65.2 Å². The fraction of sp³-hybridized carbons (Fsp3) is 0.296. The van der Waals surface area contributed by atoms with Gasteiger partial charge < -0.3 is 26.2 Å². The van der Waals surface area contributed by atoms with E-state index in [1.165, 1.54) is 0 Å². The van der Waals surface area contributed by atoms with Gasteiger partial charge in [-0.15, -0.1) is 0 Å². The summed E-state index contributed by atoms with van der Waals surface area (Å²) in [5, 5.41) is 14.3. The van der Waals surface area contributed by atoms with Gasteiger partial charge >= 0.3 is 0 Å². The first-order valence-corrected chi connectivity index (χ1v) is 11.1. The number of unbranched alkanes of at least 4 members (excludes halogenated alkanes) is 1. The van der Waals surface area contributed by atoms with Crippen molar-refractivity contribution in [1.82, 2.24) is 5.32 Å². The van der Waals surface area contributed by atoms with Crippen LogP contribution in [0.3, 0.4) is 0 Å². The summed E-state index contributed by atoms with van der Waals surface area (Å²) in [6.07, 6.45) is 2.07. The highest BCUT2D eigenvalue weighted by Crippen LogP contribution is 2.10. The molecule has 2 amide bonds. The summed E-state index contributed by atoms with van der Waals surface area (Å²) in [6, 6.07) is 12.7. The van der Waals surface area contributed by atoms with Crippen molar-refractivity contribution in [3.63, 3.8) is 0 Å². The van der Waals surface area contributed by atoms with Crippen LogP contribution in [0.25, 0.3) is 0 Å². The van der Waals surface area contributed by atoms with E-state index in [1.54, 1.807) is 55.6 Å². The molecule has 2 aromatic carbocycles. The zero-order chi connectivity index (χ0) is 25.5. The molecule has 8 nitrogen and oxygen atoms in total. The molecular weight excluding hydrogens is 446 g/mol. The lowest BCUT2D eigenvalue weighted by Crippen LogP contribution is -2.46. The van der Waals surface area contributed by atoms with Crippen LogP contribution in [0.1, 0.15) is 40.7 Å². The molecule has 0 radical (unpaired) electrons. The minimum absolute atomic E-state index is 0.0350. The first-order chi connectivity index (χ1) is 17.0. The molecular formula is C27H29N3O5. The molecule has 0 heterocycles. The Morgan fingerprint density at radius 1 is 0.971 bits per heavy atom. The third-order valence-electron chi connectivity index (χ3n) is 4.88. The number of nitrogens with one attached hydrogen (secondary N) is 2. The molecule has 0 aromatic heterocycles. The summed E-state index contributed by atoms with van der Waals surface area (Å²) >= 11 is 0. The molecule has 0 aliphatic heterocycles. The first kappa shape index (κ1) is 27.3. The number of anilines is 1. The van der Waals surface area contributed by atoms with Crippen molar-refractivity contribution in [2.45, 2.75) is 25.3 Å². The summed E-state index contributed by atoms with van der Waals surface area (Å²) < 4.78 is 4.97. The van der Waals surface area contributed by atoms with E-state index < -0.39 is 24.3 Å². The molecule has 2 aromatic rings. The van der Waals surface area contributed by atoms with Crippen LogP contribution in [0.5, 0.6) is 0 Å². The van der Waals surface area contributed by atoms with E-state index >= 15 is 0 Å². The number of hydrogen-bond acceptors (Lipinski definition) is 6. The number of aliphatic hydroxyl groups excluding tert-OH is 1. The fourth-order valence-corrected chi connectivity index (χ4v) is 2.93. The van der Waals surface area contributed by atoms with Gasteiger partial charge in [-0.3, -0.25) is 14.4 Å². The largest absolute Gasteiger partial charge is 0.388 e. The molecule has 182 valence electrons. The molecule has 2 rings (SSSR count). The molecule has 35 heavy (non-hydrogen) atoms. The number of hydrogen-bond donors (Lipinski definition) is 4. The van der Waals surface area contributed by atoms with Crippen molar-refractivity contribution < 1.29 is 24.2 Å². The number of Topliss-reactive ketones (excluding diaryl/α,β-unsaturated/α-hetero) is 1. The van der Waals surface area contributed by atoms with Crippen LogP contribution in [-0.2, 0) is 14.3 Å². The fourth-order valence-electron chi connectivity index (χ4n) is 2.93. The minimum atomic E-state index is -0.932. The Hall–Kier alpha value is -3.95. The number of benzene rings is 2. The second kappa shape index (κ2) is 15.0. The average Bonchev–Trinajstić information content (AvgIpc) is 2.88. The molecule has 1 atom stereocenters. The maximum atomic E-state index is 12.2. The predicted octanol–water partition coefficient (Wildman–Crippen LogP) is 1.46. The van der Waals surface area contributed by atoms with Gasteiger partial charge in [-0.25, -0.2) is 0 Å². The molecule has 0 aliphatic carbocycles. The van der Waals surface area contributed by atoms with Crippen LogP contribution in [0.4, 0.5) is 5.69 Å². The molecule has 8 heteroatoms. The predicted molar refractivity (Wildman–Crippen MR) is 133 cm³/mol. The smallest absolute Gasteiger partial charge is 0.251 e. The van der Waals surface area contributed by atoms with Crippen molar-refractivity contribution in [3.8, 4) is 23.7 Å². The maximum Gasteiger partial charge on any atom is 0.251 e. The van der Waals surface area contributed by atoms with E-state index in [9.17, 15) is 14.4 Å². The number of amides is 2. The van der Waals surface area contributed by atoms with Gasteiger partial charge in [0.15, 0.2) is 5.78 Å². The topological polar surface area (TPSA) is 131 Å². The van der Waals surface area contributed by atoms with E-state index in [4.69, 9.17) is 15.6 Å². The number of ether oxygens (including phenoxy) is 1. The van der Waals surface area contributed by atoms with Crippen LogP contribution in [0, 0.1) is 23.7 Å². The Labute approximate surface area is 205 Å². The van der Waals surface area contributed by atoms with Crippen LogP contribution in [0.15, 0.2) is 48.5 Å². The standard InChI is InChI=1S/C27H29N3O5/c1-35-17-5-4-8-26(33)29-23-15-11-21(12-16-23)7-3-2-6-20-9-13-22(14-10-20)27(34)30-24(18-28)25(32)19-31/h9-16,24,31H,4-5,8,17-19,28H2,1H3,(H,29,33)(H,30,34)/t24-/m0/s1. The van der Waals surface area contributed by atoms with Crippen LogP contribution in [0.2, 0.25) is 0 Å². The average molecular weight is 476 g/mol. The monoisotopic (exact) mass is 475 g/mol. The zero-order valence-corrected chi connectivity index (χ0v) is 19.6. The summed E-state index contributed by atoms with van der Waals surface area (Å²) in [5.74, 6) is 10.3. The van der Waals surface area contributed by atoms with E-state index in [0.717, 1.165) is 18.4 Å². The van der Waals surface area contributed by atoms with Crippen molar-refractivity contribution in [2.75, 3.05) is 32.2 Å². The number of aliphatic hydroxyl groups is 1. The molecule has 0 saturated carbocycles. The lowest BCUT2D eigenvalue weighted by atomic mass is 10.1. The summed E-state index contributed by atoms with van der Waals surface area (Å²) in [4.78, 5) is 35.7. The number of carbonyl (C=O) groups excluding carboxylic acids is 3. The maximum absolute atomic E-state index is 12.2. The number of nitrogens with two attached hydrogens (primary N) is 1. The summed E-state index contributed by atoms with van der Waals surface area (Å²) in [7, 11) is 1.64. The number of ketones is 1. The summed E-state index contributed by atoms with van der Waals surface area (Å²) in [5.41, 5.74) is 7.94. The number of methoxy groups -OCH3 is 1. The van der Waals surface area contributed by atoms with Gasteiger partial charge in [0, 0.05) is 49.1 Å². The highest BCUT2D eigenvalue weighted by molar-refractivity contribution is 5.98. The molecule has 0 unspecified atom stereocenters. The van der Waals surface area contributed by atoms with Crippen molar-refractivity contribution in [2.24, 2.45) is 5.73 Å². The zero-order valence-electron chi connectivity index (χ0n) is 19.6. The molecule has 0 fully saturated rings. The lowest BCUT2D eigenvalue weighted by Gasteiger charge is -2.14. The van der Waals surface area contributed by atoms with Crippen LogP contribution >= 0.6 is 0 Å². The molecule has 0 bridgehead atoms. The Morgan fingerprint density at radius 3 is 2.11 bits per heavy atom. The van der Waals surface area contributed by atoms with Gasteiger partial charge in [0.1, 0.15) is 12.6 Å². The molecule has 0 saturated heterocycles. The van der Waals surface area contributed by atoms with Crippen LogP contribution in [-0.4, -0.2) is 55.6 Å². The van der Waals surface area contributed by atoms with Crippen molar-refractivity contribution >= 4 is 23.3 Å². The van der Waals surface area contributed by atoms with Gasteiger partial charge in [-0.1, -0.05) is 11.8 Å². The SMILES string of the molecule is COCCCCC(=O)Nc1ccc(C#CC#Cc2ccc(C(=O)N[C@@H](CN)C(=O)CO)cc2)cc1. The summed E-state index contributed by atoms with van der Waals surface area (Å²) in [6.45, 7) is -0.134. The second-order valence-corrected chi connectivity index (χ2v) is 7.54. The van der Waals surface area contributed by atoms with Gasteiger partial charge in [-0.2, -0.15) is 0 Å². The Morgan fingerprint density at radius 2 is 1.57 bits per heavy atom. The van der Waals surface area contributed by atoms with Gasteiger partial charge in [0.05, 0.1) is 0 Å². The minimum Gasteiger partial charge on any atom is -0.388 e. The van der Waals surface area contributed by atoms with Gasteiger partial charge in [0.25, 0.3) is 5.91 Å². The van der Waals surface area contributed by atoms with Gasteiger partial charge in [-0.05, 0) is 73.2 Å². The van der Waals surface area contributed by atoms with E-state index in [-0.39, 0.29) is 12.5 Å². The molecule has 0 aliphatic rings. The Bertz CT molecular complexity index is 1120. The Kier molecular flexibility index (Phi) is 11.7. The van der Waals surface area contributed by atoms with E-state index in [2.05, 4.69) is 34.3 Å². The lowest BCUT2D eigenvalue weighted by molar-refractivity contribution is -0.123. The normalized spacial score (nSPS) is 10.7. The third kappa shape index (κ3) is 9.83. The number of carbonyl (C=O) groups is 3. The first-order valence-electron chi connectivity index (χ1n) is 11.1. The number of rotatable bonds is 11. The van der Waals surface area contributed by atoms with Gasteiger partial charge in [0.2, 0.25) is 5.91 Å². The van der Waals surface area contributed by atoms with E-state index in [0.29, 0.717) is 29.8 Å². The second-order valence-electron chi connectivity index (χ2n) is 7.54. The Balaban J connectivity index is 1.88.